The zero-order valence-corrected chi connectivity index (χ0v) is 15.1. The highest BCUT2D eigenvalue weighted by Crippen LogP contribution is 2.30. The van der Waals surface area contributed by atoms with Crippen LogP contribution in [0.1, 0.15) is 21.8 Å². The third-order valence-electron chi connectivity index (χ3n) is 3.87. The van der Waals surface area contributed by atoms with Crippen LogP contribution in [0.3, 0.4) is 0 Å². The Labute approximate surface area is 154 Å². The Bertz CT molecular complexity index is 1010. The molecule has 7 nitrogen and oxygen atoms in total. The molecule has 3 aromatic rings. The summed E-state index contributed by atoms with van der Waals surface area (Å²) in [6.45, 7) is 3.98. The van der Waals surface area contributed by atoms with Gasteiger partial charge in [-0.3, -0.25) is 14.2 Å². The van der Waals surface area contributed by atoms with Gasteiger partial charge in [-0.05, 0) is 19.9 Å². The zero-order chi connectivity index (χ0) is 18.7. The van der Waals surface area contributed by atoms with E-state index in [0.29, 0.717) is 39.8 Å². The molecule has 2 heterocycles. The van der Waals surface area contributed by atoms with Gasteiger partial charge in [0.15, 0.2) is 0 Å². The van der Waals surface area contributed by atoms with E-state index >= 15 is 0 Å². The van der Waals surface area contributed by atoms with E-state index in [2.05, 4.69) is 15.5 Å². The molecule has 2 aromatic heterocycles. The fourth-order valence-corrected chi connectivity index (χ4v) is 2.76. The number of rotatable bonds is 5. The van der Waals surface area contributed by atoms with Crippen molar-refractivity contribution in [1.29, 1.82) is 0 Å². The fourth-order valence-electron chi connectivity index (χ4n) is 2.54. The molecule has 1 N–H and O–H groups in total. The van der Waals surface area contributed by atoms with E-state index in [9.17, 15) is 9.59 Å². The van der Waals surface area contributed by atoms with E-state index in [4.69, 9.17) is 16.1 Å². The second-order valence-electron chi connectivity index (χ2n) is 5.76. The number of nitrogens with one attached hydrogen (secondary N) is 1. The van der Waals surface area contributed by atoms with Crippen LogP contribution in [0.4, 0.5) is 0 Å². The molecule has 0 aliphatic carbocycles. The highest BCUT2D eigenvalue weighted by atomic mass is 35.5. The van der Waals surface area contributed by atoms with Crippen LogP contribution in [0.2, 0.25) is 5.02 Å². The summed E-state index contributed by atoms with van der Waals surface area (Å²) in [4.78, 5) is 28.5. The van der Waals surface area contributed by atoms with E-state index in [-0.39, 0.29) is 18.0 Å². The van der Waals surface area contributed by atoms with Gasteiger partial charge in [-0.25, -0.2) is 4.98 Å². The number of carbonyl (C=O) groups excluding carboxylic acids is 1. The Kier molecular flexibility index (Phi) is 5.18. The SMILES string of the molecule is Cc1cc(=O)n(CCNC(=O)c2c(-c3ccccc3Cl)noc2C)cn1. The molecule has 0 atom stereocenters. The highest BCUT2D eigenvalue weighted by molar-refractivity contribution is 6.33. The lowest BCUT2D eigenvalue weighted by atomic mass is 10.1. The maximum absolute atomic E-state index is 12.6. The molecule has 0 aliphatic rings. The van der Waals surface area contributed by atoms with Gasteiger partial charge in [0.25, 0.3) is 11.5 Å². The van der Waals surface area contributed by atoms with Gasteiger partial charge in [0.1, 0.15) is 17.0 Å². The minimum atomic E-state index is -0.341. The van der Waals surface area contributed by atoms with Crippen molar-refractivity contribution < 1.29 is 9.32 Å². The maximum Gasteiger partial charge on any atom is 0.257 e. The van der Waals surface area contributed by atoms with E-state index in [1.165, 1.54) is 17.0 Å². The van der Waals surface area contributed by atoms with Crippen LogP contribution in [0.5, 0.6) is 0 Å². The van der Waals surface area contributed by atoms with Crippen LogP contribution in [0, 0.1) is 13.8 Å². The molecule has 0 aliphatic heterocycles. The molecule has 0 saturated heterocycles. The number of hydrogen-bond acceptors (Lipinski definition) is 5. The molecular weight excluding hydrogens is 356 g/mol. The molecule has 0 spiro atoms. The fraction of sp³-hybridized carbons (Fsp3) is 0.222. The van der Waals surface area contributed by atoms with Crippen molar-refractivity contribution in [1.82, 2.24) is 20.0 Å². The third-order valence-corrected chi connectivity index (χ3v) is 4.20. The number of nitrogens with zero attached hydrogens (tertiary/aromatic N) is 3. The summed E-state index contributed by atoms with van der Waals surface area (Å²) < 4.78 is 6.62. The number of amides is 1. The van der Waals surface area contributed by atoms with E-state index < -0.39 is 0 Å². The molecule has 1 aromatic carbocycles. The quantitative estimate of drug-likeness (QED) is 0.743. The van der Waals surface area contributed by atoms with Crippen LogP contribution in [-0.4, -0.2) is 27.2 Å². The number of aryl methyl sites for hydroxylation is 2. The Morgan fingerprint density at radius 1 is 1.31 bits per heavy atom. The van der Waals surface area contributed by atoms with Crippen molar-refractivity contribution in [3.8, 4) is 11.3 Å². The van der Waals surface area contributed by atoms with Gasteiger partial charge in [-0.15, -0.1) is 0 Å². The first-order valence-corrected chi connectivity index (χ1v) is 8.37. The van der Waals surface area contributed by atoms with Crippen molar-refractivity contribution in [3.63, 3.8) is 0 Å². The minimum absolute atomic E-state index is 0.162. The Morgan fingerprint density at radius 3 is 2.81 bits per heavy atom. The smallest absolute Gasteiger partial charge is 0.257 e. The molecule has 134 valence electrons. The minimum Gasteiger partial charge on any atom is -0.360 e. The van der Waals surface area contributed by atoms with Gasteiger partial charge >= 0.3 is 0 Å². The first-order chi connectivity index (χ1) is 12.5. The second-order valence-corrected chi connectivity index (χ2v) is 6.17. The van der Waals surface area contributed by atoms with Gasteiger partial charge in [0, 0.05) is 30.4 Å². The highest BCUT2D eigenvalue weighted by Gasteiger charge is 2.22. The molecular formula is C18H17ClN4O3. The molecule has 1 amide bonds. The van der Waals surface area contributed by atoms with Gasteiger partial charge in [-0.2, -0.15) is 0 Å². The standard InChI is InChI=1S/C18H17ClN4O3/c1-11-9-15(24)23(10-21-11)8-7-20-18(25)16-12(2)26-22-17(16)13-5-3-4-6-14(13)19/h3-6,9-10H,7-8H2,1-2H3,(H,20,25). The van der Waals surface area contributed by atoms with Crippen LogP contribution in [-0.2, 0) is 6.54 Å². The molecule has 0 fully saturated rings. The Hall–Kier alpha value is -2.93. The summed E-state index contributed by atoms with van der Waals surface area (Å²) >= 11 is 6.20. The van der Waals surface area contributed by atoms with Crippen LogP contribution < -0.4 is 10.9 Å². The maximum atomic E-state index is 12.6. The number of halogens is 1. The molecule has 0 bridgehead atoms. The lowest BCUT2D eigenvalue weighted by molar-refractivity contribution is 0.0951. The largest absolute Gasteiger partial charge is 0.360 e. The van der Waals surface area contributed by atoms with Crippen molar-refractivity contribution in [2.75, 3.05) is 6.54 Å². The molecule has 3 rings (SSSR count). The topological polar surface area (TPSA) is 90.0 Å². The molecule has 0 radical (unpaired) electrons. The van der Waals surface area contributed by atoms with Crippen LogP contribution in [0.15, 0.2) is 46.0 Å². The van der Waals surface area contributed by atoms with Gasteiger partial charge < -0.3 is 9.84 Å². The number of carbonyl (C=O) groups is 1. The van der Waals surface area contributed by atoms with E-state index in [0.717, 1.165) is 0 Å². The molecule has 0 saturated carbocycles. The summed E-state index contributed by atoms with van der Waals surface area (Å²) in [6.07, 6.45) is 1.46. The van der Waals surface area contributed by atoms with E-state index in [1.54, 1.807) is 32.0 Å². The van der Waals surface area contributed by atoms with Crippen LogP contribution in [0.25, 0.3) is 11.3 Å². The van der Waals surface area contributed by atoms with Crippen LogP contribution >= 0.6 is 11.6 Å². The normalized spacial score (nSPS) is 10.7. The second kappa shape index (κ2) is 7.53. The Balaban J connectivity index is 1.76. The Morgan fingerprint density at radius 2 is 2.08 bits per heavy atom. The number of hydrogen-bond donors (Lipinski definition) is 1. The average molecular weight is 373 g/mol. The summed E-state index contributed by atoms with van der Waals surface area (Å²) in [6, 6.07) is 8.55. The predicted molar refractivity (Wildman–Crippen MR) is 97.3 cm³/mol. The van der Waals surface area contributed by atoms with Crippen molar-refractivity contribution in [2.45, 2.75) is 20.4 Å². The summed E-state index contributed by atoms with van der Waals surface area (Å²) in [7, 11) is 0. The van der Waals surface area contributed by atoms with Crippen molar-refractivity contribution in [3.05, 3.63) is 69.1 Å². The van der Waals surface area contributed by atoms with Gasteiger partial charge in [0.05, 0.1) is 11.3 Å². The van der Waals surface area contributed by atoms with Gasteiger partial charge in [-0.1, -0.05) is 35.0 Å². The monoisotopic (exact) mass is 372 g/mol. The lowest BCUT2D eigenvalue weighted by Gasteiger charge is -2.08. The third kappa shape index (κ3) is 3.67. The average Bonchev–Trinajstić information content (AvgIpc) is 2.98. The predicted octanol–water partition coefficient (Wildman–Crippen LogP) is 2.60. The zero-order valence-electron chi connectivity index (χ0n) is 14.3. The number of benzene rings is 1. The van der Waals surface area contributed by atoms with Crippen molar-refractivity contribution in [2.24, 2.45) is 0 Å². The van der Waals surface area contributed by atoms with Gasteiger partial charge in [0.2, 0.25) is 0 Å². The molecule has 8 heteroatoms. The molecule has 26 heavy (non-hydrogen) atoms. The summed E-state index contributed by atoms with van der Waals surface area (Å²) in [5.41, 5.74) is 1.83. The first kappa shape index (κ1) is 17.9. The lowest BCUT2D eigenvalue weighted by Crippen LogP contribution is -2.31. The summed E-state index contributed by atoms with van der Waals surface area (Å²) in [5, 5.41) is 7.23. The molecule has 0 unspecified atom stereocenters. The van der Waals surface area contributed by atoms with E-state index in [1.807, 2.05) is 6.07 Å². The summed E-state index contributed by atoms with van der Waals surface area (Å²) in [5.74, 6) is 0.0541. The number of aromatic nitrogens is 3. The van der Waals surface area contributed by atoms with Crippen molar-refractivity contribution >= 4 is 17.5 Å². The first-order valence-electron chi connectivity index (χ1n) is 8.00.